The Bertz CT molecular complexity index is 464. The van der Waals surface area contributed by atoms with Crippen LogP contribution in [0.3, 0.4) is 0 Å². The lowest BCUT2D eigenvalue weighted by Crippen LogP contribution is -2.46. The van der Waals surface area contributed by atoms with Crippen LogP contribution in [-0.4, -0.2) is 43.5 Å². The molecule has 0 radical (unpaired) electrons. The molecule has 1 fully saturated rings. The SMILES string of the molecule is COCCC[C@@H]1CCCCN1C(=O)Nc1ccc(SC)cc1. The van der Waals surface area contributed by atoms with Gasteiger partial charge in [-0.2, -0.15) is 0 Å². The summed E-state index contributed by atoms with van der Waals surface area (Å²) in [6.07, 6.45) is 7.48. The molecule has 1 heterocycles. The number of nitrogens with one attached hydrogen (secondary N) is 1. The molecule has 5 heteroatoms. The van der Waals surface area contributed by atoms with Crippen LogP contribution in [0.1, 0.15) is 32.1 Å². The van der Waals surface area contributed by atoms with Crippen LogP contribution in [0.2, 0.25) is 0 Å². The number of nitrogens with zero attached hydrogens (tertiary/aromatic N) is 1. The zero-order valence-corrected chi connectivity index (χ0v) is 14.3. The van der Waals surface area contributed by atoms with E-state index in [9.17, 15) is 4.79 Å². The second-order valence-electron chi connectivity index (χ2n) is 5.64. The van der Waals surface area contributed by atoms with Gasteiger partial charge in [-0.3, -0.25) is 0 Å². The molecule has 0 aliphatic carbocycles. The summed E-state index contributed by atoms with van der Waals surface area (Å²) < 4.78 is 5.13. The van der Waals surface area contributed by atoms with Crippen LogP contribution in [0, 0.1) is 0 Å². The number of anilines is 1. The number of hydrogen-bond acceptors (Lipinski definition) is 3. The van der Waals surface area contributed by atoms with E-state index >= 15 is 0 Å². The Hall–Kier alpha value is -1.20. The van der Waals surface area contributed by atoms with E-state index in [1.165, 1.54) is 11.3 Å². The Kier molecular flexibility index (Phi) is 7.06. The minimum atomic E-state index is 0.0269. The number of rotatable bonds is 6. The first kappa shape index (κ1) is 17.2. The molecule has 0 spiro atoms. The molecule has 1 aromatic rings. The monoisotopic (exact) mass is 322 g/mol. The maximum Gasteiger partial charge on any atom is 0.322 e. The largest absolute Gasteiger partial charge is 0.385 e. The van der Waals surface area contributed by atoms with Crippen molar-refractivity contribution >= 4 is 23.5 Å². The van der Waals surface area contributed by atoms with E-state index in [0.29, 0.717) is 6.04 Å². The van der Waals surface area contributed by atoms with Gasteiger partial charge in [0.05, 0.1) is 0 Å². The van der Waals surface area contributed by atoms with Crippen molar-refractivity contribution in [3.8, 4) is 0 Å². The van der Waals surface area contributed by atoms with E-state index in [2.05, 4.69) is 5.32 Å². The van der Waals surface area contributed by atoms with Gasteiger partial charge >= 0.3 is 6.03 Å². The van der Waals surface area contributed by atoms with Crippen LogP contribution in [0.15, 0.2) is 29.2 Å². The molecular formula is C17H26N2O2S. The second kappa shape index (κ2) is 9.06. The standard InChI is InChI=1S/C17H26N2O2S/c1-21-13-5-7-15-6-3-4-12-19(15)17(20)18-14-8-10-16(22-2)11-9-14/h8-11,15H,3-7,12-13H2,1-2H3,(H,18,20)/t15-/m0/s1. The molecule has 1 saturated heterocycles. The fourth-order valence-corrected chi connectivity index (χ4v) is 3.31. The van der Waals surface area contributed by atoms with E-state index in [-0.39, 0.29) is 6.03 Å². The van der Waals surface area contributed by atoms with Gasteiger partial charge in [-0.15, -0.1) is 11.8 Å². The summed E-state index contributed by atoms with van der Waals surface area (Å²) in [6, 6.07) is 8.37. The van der Waals surface area contributed by atoms with E-state index in [4.69, 9.17) is 4.74 Å². The molecule has 2 rings (SSSR count). The number of carbonyl (C=O) groups excluding carboxylic acids is 1. The third kappa shape index (κ3) is 4.92. The van der Waals surface area contributed by atoms with Gasteiger partial charge in [0.25, 0.3) is 0 Å². The number of urea groups is 1. The number of ether oxygens (including phenoxy) is 1. The topological polar surface area (TPSA) is 41.6 Å². The number of carbonyl (C=O) groups is 1. The molecular weight excluding hydrogens is 296 g/mol. The molecule has 122 valence electrons. The van der Waals surface area contributed by atoms with Crippen molar-refractivity contribution in [2.75, 3.05) is 31.8 Å². The molecule has 1 aliphatic rings. The van der Waals surface area contributed by atoms with Crippen LogP contribution in [0.4, 0.5) is 10.5 Å². The lowest BCUT2D eigenvalue weighted by molar-refractivity contribution is 0.141. The van der Waals surface area contributed by atoms with Crippen LogP contribution < -0.4 is 5.32 Å². The average molecular weight is 322 g/mol. The Morgan fingerprint density at radius 1 is 1.36 bits per heavy atom. The average Bonchev–Trinajstić information content (AvgIpc) is 2.56. The quantitative estimate of drug-likeness (QED) is 0.630. The van der Waals surface area contributed by atoms with Crippen molar-refractivity contribution in [3.63, 3.8) is 0 Å². The van der Waals surface area contributed by atoms with Gasteiger partial charge in [0.2, 0.25) is 0 Å². The minimum Gasteiger partial charge on any atom is -0.385 e. The first-order valence-electron chi connectivity index (χ1n) is 7.95. The number of amides is 2. The molecule has 0 saturated carbocycles. The summed E-state index contributed by atoms with van der Waals surface area (Å²) >= 11 is 1.70. The highest BCUT2D eigenvalue weighted by Crippen LogP contribution is 2.23. The van der Waals surface area contributed by atoms with Gasteiger partial charge in [-0.05, 0) is 62.6 Å². The normalized spacial score (nSPS) is 18.3. The minimum absolute atomic E-state index is 0.0269. The zero-order chi connectivity index (χ0) is 15.8. The second-order valence-corrected chi connectivity index (χ2v) is 6.52. The highest BCUT2D eigenvalue weighted by Gasteiger charge is 2.26. The molecule has 1 aromatic carbocycles. The molecule has 1 aliphatic heterocycles. The summed E-state index contributed by atoms with van der Waals surface area (Å²) in [5, 5.41) is 3.03. The van der Waals surface area contributed by atoms with E-state index < -0.39 is 0 Å². The van der Waals surface area contributed by atoms with Crippen molar-refractivity contribution in [2.45, 2.75) is 43.0 Å². The highest BCUT2D eigenvalue weighted by molar-refractivity contribution is 7.98. The third-order valence-electron chi connectivity index (χ3n) is 4.12. The number of hydrogen-bond donors (Lipinski definition) is 1. The van der Waals surface area contributed by atoms with Crippen molar-refractivity contribution in [1.82, 2.24) is 4.90 Å². The summed E-state index contributed by atoms with van der Waals surface area (Å²) in [5.41, 5.74) is 0.865. The van der Waals surface area contributed by atoms with Crippen molar-refractivity contribution < 1.29 is 9.53 Å². The number of methoxy groups -OCH3 is 1. The van der Waals surface area contributed by atoms with E-state index in [1.54, 1.807) is 18.9 Å². The van der Waals surface area contributed by atoms with Gasteiger partial charge in [0.15, 0.2) is 0 Å². The number of thioether (sulfide) groups is 1. The van der Waals surface area contributed by atoms with Crippen LogP contribution in [-0.2, 0) is 4.74 Å². The van der Waals surface area contributed by atoms with Gasteiger partial charge in [0.1, 0.15) is 0 Å². The summed E-state index contributed by atoms with van der Waals surface area (Å²) in [7, 11) is 1.73. The molecule has 0 aromatic heterocycles. The molecule has 1 atom stereocenters. The van der Waals surface area contributed by atoms with Gasteiger partial charge in [-0.1, -0.05) is 0 Å². The van der Waals surface area contributed by atoms with E-state index in [1.807, 2.05) is 35.4 Å². The lowest BCUT2D eigenvalue weighted by atomic mass is 9.98. The first-order chi connectivity index (χ1) is 10.7. The highest BCUT2D eigenvalue weighted by atomic mass is 32.2. The van der Waals surface area contributed by atoms with Crippen molar-refractivity contribution in [3.05, 3.63) is 24.3 Å². The lowest BCUT2D eigenvalue weighted by Gasteiger charge is -2.35. The Balaban J connectivity index is 1.92. The smallest absolute Gasteiger partial charge is 0.322 e. The maximum atomic E-state index is 12.5. The molecule has 4 nitrogen and oxygen atoms in total. The number of piperidine rings is 1. The van der Waals surface area contributed by atoms with Crippen LogP contribution in [0.5, 0.6) is 0 Å². The Morgan fingerprint density at radius 2 is 2.14 bits per heavy atom. The predicted octanol–water partition coefficient (Wildman–Crippen LogP) is 4.22. The molecule has 22 heavy (non-hydrogen) atoms. The molecule has 2 amide bonds. The number of benzene rings is 1. The maximum absolute atomic E-state index is 12.5. The summed E-state index contributed by atoms with van der Waals surface area (Å²) in [5.74, 6) is 0. The fourth-order valence-electron chi connectivity index (χ4n) is 2.90. The van der Waals surface area contributed by atoms with Gasteiger partial charge < -0.3 is 15.0 Å². The summed E-state index contributed by atoms with van der Waals surface area (Å²) in [6.45, 7) is 1.62. The van der Waals surface area contributed by atoms with Crippen LogP contribution >= 0.6 is 11.8 Å². The molecule has 0 unspecified atom stereocenters. The Morgan fingerprint density at radius 3 is 2.82 bits per heavy atom. The summed E-state index contributed by atoms with van der Waals surface area (Å²) in [4.78, 5) is 15.7. The third-order valence-corrected chi connectivity index (χ3v) is 4.86. The first-order valence-corrected chi connectivity index (χ1v) is 9.17. The predicted molar refractivity (Wildman–Crippen MR) is 92.7 cm³/mol. The van der Waals surface area contributed by atoms with Gasteiger partial charge in [0, 0.05) is 36.9 Å². The van der Waals surface area contributed by atoms with Crippen LogP contribution in [0.25, 0.3) is 0 Å². The van der Waals surface area contributed by atoms with Crippen molar-refractivity contribution in [1.29, 1.82) is 0 Å². The Labute approximate surface area is 137 Å². The zero-order valence-electron chi connectivity index (χ0n) is 13.5. The van der Waals surface area contributed by atoms with Gasteiger partial charge in [-0.25, -0.2) is 4.79 Å². The van der Waals surface area contributed by atoms with Crippen molar-refractivity contribution in [2.24, 2.45) is 0 Å². The number of likely N-dealkylation sites (tertiary alicyclic amines) is 1. The van der Waals surface area contributed by atoms with E-state index in [0.717, 1.165) is 44.5 Å². The fraction of sp³-hybridized carbons (Fsp3) is 0.588. The molecule has 0 bridgehead atoms. The molecule has 1 N–H and O–H groups in total.